The van der Waals surface area contributed by atoms with Crippen LogP contribution in [0.2, 0.25) is 0 Å². The van der Waals surface area contributed by atoms with Crippen LogP contribution in [0.25, 0.3) is 0 Å². The maximum Gasteiger partial charge on any atom is 0.434 e. The quantitative estimate of drug-likeness (QED) is 0.783. The van der Waals surface area contributed by atoms with E-state index in [9.17, 15) is 22.0 Å². The fraction of sp³-hybridized carbons (Fsp3) is 0.0833. The van der Waals surface area contributed by atoms with Crippen molar-refractivity contribution in [2.75, 3.05) is 5.73 Å². The predicted molar refractivity (Wildman–Crippen MR) is 70.3 cm³/mol. The molecule has 0 amide bonds. The third-order valence-electron chi connectivity index (χ3n) is 2.43. The highest BCUT2D eigenvalue weighted by atomic mass is 79.9. The molecule has 1 heterocycles. The number of benzene rings is 1. The first-order valence-electron chi connectivity index (χ1n) is 5.60. The SMILES string of the molecule is N#Cc1cc(F)c(Oc2nc(N)nc(C(F)(F)F)c2Br)c(F)c1. The van der Waals surface area contributed by atoms with Crippen molar-refractivity contribution < 1.29 is 26.7 Å². The van der Waals surface area contributed by atoms with Gasteiger partial charge in [0.15, 0.2) is 17.3 Å². The van der Waals surface area contributed by atoms with E-state index in [1.54, 1.807) is 0 Å². The maximum absolute atomic E-state index is 13.7. The van der Waals surface area contributed by atoms with E-state index in [0.29, 0.717) is 12.1 Å². The summed E-state index contributed by atoms with van der Waals surface area (Å²) in [6, 6.07) is 2.82. The molecule has 1 aromatic carbocycles. The van der Waals surface area contributed by atoms with E-state index in [-0.39, 0.29) is 5.56 Å². The van der Waals surface area contributed by atoms with E-state index in [0.717, 1.165) is 0 Å². The highest BCUT2D eigenvalue weighted by Crippen LogP contribution is 2.40. The first kappa shape index (κ1) is 16.9. The Hall–Kier alpha value is -2.48. The zero-order valence-corrected chi connectivity index (χ0v) is 12.3. The third kappa shape index (κ3) is 3.48. The number of halogens is 6. The van der Waals surface area contributed by atoms with Crippen LogP contribution in [0.5, 0.6) is 11.6 Å². The lowest BCUT2D eigenvalue weighted by Gasteiger charge is -2.13. The second-order valence-corrected chi connectivity index (χ2v) is 4.82. The first-order chi connectivity index (χ1) is 10.6. The van der Waals surface area contributed by atoms with Gasteiger partial charge in [-0.25, -0.2) is 13.8 Å². The van der Waals surface area contributed by atoms with Crippen molar-refractivity contribution in [3.05, 3.63) is 39.5 Å². The number of hydrogen-bond acceptors (Lipinski definition) is 5. The minimum absolute atomic E-state index is 0.329. The van der Waals surface area contributed by atoms with Crippen LogP contribution >= 0.6 is 15.9 Å². The largest absolute Gasteiger partial charge is 0.434 e. The van der Waals surface area contributed by atoms with Gasteiger partial charge in [0.2, 0.25) is 17.6 Å². The van der Waals surface area contributed by atoms with Gasteiger partial charge in [-0.1, -0.05) is 0 Å². The van der Waals surface area contributed by atoms with Gasteiger partial charge < -0.3 is 10.5 Å². The van der Waals surface area contributed by atoms with Crippen LogP contribution in [0.3, 0.4) is 0 Å². The Bertz CT molecular complexity index is 795. The van der Waals surface area contributed by atoms with Gasteiger partial charge in [0.1, 0.15) is 4.47 Å². The fourth-order valence-corrected chi connectivity index (χ4v) is 2.00. The van der Waals surface area contributed by atoms with Gasteiger partial charge in [-0.3, -0.25) is 0 Å². The van der Waals surface area contributed by atoms with Gasteiger partial charge in [0.05, 0.1) is 11.6 Å². The maximum atomic E-state index is 13.7. The van der Waals surface area contributed by atoms with Crippen molar-refractivity contribution in [1.82, 2.24) is 9.97 Å². The average molecular weight is 395 g/mol. The summed E-state index contributed by atoms with van der Waals surface area (Å²) in [4.78, 5) is 6.37. The summed E-state index contributed by atoms with van der Waals surface area (Å²) >= 11 is 2.56. The zero-order valence-electron chi connectivity index (χ0n) is 10.7. The Kier molecular flexibility index (Phi) is 4.37. The van der Waals surface area contributed by atoms with E-state index in [4.69, 9.17) is 15.7 Å². The number of nitrogens with two attached hydrogens (primary N) is 1. The van der Waals surface area contributed by atoms with E-state index in [2.05, 4.69) is 25.9 Å². The summed E-state index contributed by atoms with van der Waals surface area (Å²) in [5.41, 5.74) is 3.35. The molecule has 1 aromatic heterocycles. The Morgan fingerprint density at radius 2 is 1.74 bits per heavy atom. The topological polar surface area (TPSA) is 84.8 Å². The van der Waals surface area contributed by atoms with Gasteiger partial charge in [0, 0.05) is 0 Å². The molecule has 0 aliphatic carbocycles. The van der Waals surface area contributed by atoms with E-state index in [1.165, 1.54) is 6.07 Å². The Morgan fingerprint density at radius 3 is 2.22 bits per heavy atom. The highest BCUT2D eigenvalue weighted by molar-refractivity contribution is 9.10. The lowest BCUT2D eigenvalue weighted by Crippen LogP contribution is -2.13. The minimum atomic E-state index is -4.89. The number of hydrogen-bond donors (Lipinski definition) is 1. The van der Waals surface area contributed by atoms with Crippen LogP contribution < -0.4 is 10.5 Å². The number of nitrogens with zero attached hydrogens (tertiary/aromatic N) is 3. The Labute approximate surface area is 133 Å². The van der Waals surface area contributed by atoms with Crippen LogP contribution in [0.1, 0.15) is 11.3 Å². The van der Waals surface area contributed by atoms with Crippen molar-refractivity contribution in [3.8, 4) is 17.7 Å². The van der Waals surface area contributed by atoms with Crippen molar-refractivity contribution in [1.29, 1.82) is 5.26 Å². The normalized spacial score (nSPS) is 11.2. The lowest BCUT2D eigenvalue weighted by molar-refractivity contribution is -0.141. The molecule has 11 heteroatoms. The number of rotatable bonds is 2. The second-order valence-electron chi connectivity index (χ2n) is 4.03. The fourth-order valence-electron chi connectivity index (χ4n) is 1.52. The molecule has 0 spiro atoms. The number of nitriles is 1. The van der Waals surface area contributed by atoms with Gasteiger partial charge in [0.25, 0.3) is 0 Å². The van der Waals surface area contributed by atoms with E-state index in [1.807, 2.05) is 0 Å². The number of ether oxygens (including phenoxy) is 1. The summed E-state index contributed by atoms with van der Waals surface area (Å²) in [7, 11) is 0. The van der Waals surface area contributed by atoms with Crippen molar-refractivity contribution >= 4 is 21.9 Å². The second kappa shape index (κ2) is 5.96. The number of aromatic nitrogens is 2. The predicted octanol–water partition coefficient (Wildman–Crippen LogP) is 3.78. The van der Waals surface area contributed by atoms with Crippen LogP contribution in [-0.2, 0) is 6.18 Å². The summed E-state index contributed by atoms with van der Waals surface area (Å²) in [5, 5.41) is 8.58. The van der Waals surface area contributed by atoms with Crippen LogP contribution in [0.15, 0.2) is 16.6 Å². The van der Waals surface area contributed by atoms with Gasteiger partial charge in [-0.15, -0.1) is 0 Å². The molecule has 0 fully saturated rings. The molecule has 0 radical (unpaired) electrons. The molecule has 0 aliphatic heterocycles. The van der Waals surface area contributed by atoms with Crippen molar-refractivity contribution in [3.63, 3.8) is 0 Å². The summed E-state index contributed by atoms with van der Waals surface area (Å²) in [6.07, 6.45) is -4.89. The number of anilines is 1. The number of nitrogen functional groups attached to an aromatic ring is 1. The molecule has 23 heavy (non-hydrogen) atoms. The molecule has 0 saturated heterocycles. The summed E-state index contributed by atoms with van der Waals surface area (Å²) in [6.45, 7) is 0. The molecule has 0 bridgehead atoms. The van der Waals surface area contributed by atoms with Gasteiger partial charge in [-0.2, -0.15) is 23.4 Å². The van der Waals surface area contributed by atoms with E-state index < -0.39 is 45.6 Å². The molecule has 2 rings (SSSR count). The Balaban J connectivity index is 2.54. The van der Waals surface area contributed by atoms with Crippen molar-refractivity contribution in [2.45, 2.75) is 6.18 Å². The molecule has 120 valence electrons. The standard InChI is InChI=1S/C12H4BrF5N4O/c13-7-9(12(16,17)18)21-11(20)22-10(7)23-8-5(14)1-4(3-19)2-6(8)15/h1-2H,(H2,20,21,22). The van der Waals surface area contributed by atoms with Crippen LogP contribution in [0, 0.1) is 23.0 Å². The van der Waals surface area contributed by atoms with Gasteiger partial charge in [-0.05, 0) is 28.1 Å². The number of alkyl halides is 3. The zero-order chi connectivity index (χ0) is 17.4. The molecular formula is C12H4BrF5N4O. The highest BCUT2D eigenvalue weighted by Gasteiger charge is 2.37. The molecule has 2 N–H and O–H groups in total. The summed E-state index contributed by atoms with van der Waals surface area (Å²) < 4.78 is 69.8. The summed E-state index contributed by atoms with van der Waals surface area (Å²) in [5.74, 6) is -5.24. The lowest BCUT2D eigenvalue weighted by atomic mass is 10.2. The average Bonchev–Trinajstić information content (AvgIpc) is 2.44. The van der Waals surface area contributed by atoms with Crippen molar-refractivity contribution in [2.24, 2.45) is 0 Å². The smallest absolute Gasteiger partial charge is 0.431 e. The molecule has 2 aromatic rings. The third-order valence-corrected chi connectivity index (χ3v) is 3.15. The monoisotopic (exact) mass is 394 g/mol. The van der Waals surface area contributed by atoms with Crippen LogP contribution in [0.4, 0.5) is 27.9 Å². The van der Waals surface area contributed by atoms with E-state index >= 15 is 0 Å². The minimum Gasteiger partial charge on any atom is -0.431 e. The molecule has 0 unspecified atom stereocenters. The molecule has 0 saturated carbocycles. The Morgan fingerprint density at radius 1 is 1.17 bits per heavy atom. The molecular weight excluding hydrogens is 391 g/mol. The molecule has 0 aliphatic rings. The molecule has 0 atom stereocenters. The molecule has 5 nitrogen and oxygen atoms in total. The van der Waals surface area contributed by atoms with Gasteiger partial charge >= 0.3 is 6.18 Å². The first-order valence-corrected chi connectivity index (χ1v) is 6.40. The van der Waals surface area contributed by atoms with Crippen LogP contribution in [-0.4, -0.2) is 9.97 Å².